The van der Waals surface area contributed by atoms with Crippen molar-refractivity contribution < 1.29 is 9.59 Å². The van der Waals surface area contributed by atoms with Crippen LogP contribution in [0.2, 0.25) is 0 Å². The quantitative estimate of drug-likeness (QED) is 0.670. The maximum atomic E-state index is 11.7. The largest absolute Gasteiger partial charge is 0.351 e. The van der Waals surface area contributed by atoms with Crippen molar-refractivity contribution in [1.82, 2.24) is 10.2 Å². The van der Waals surface area contributed by atoms with Crippen LogP contribution >= 0.6 is 0 Å². The first-order valence-corrected chi connectivity index (χ1v) is 5.73. The third kappa shape index (κ3) is 1.52. The second-order valence-corrected chi connectivity index (χ2v) is 5.23. The molecule has 0 radical (unpaired) electrons. The van der Waals surface area contributed by atoms with Gasteiger partial charge in [-0.1, -0.05) is 0 Å². The summed E-state index contributed by atoms with van der Waals surface area (Å²) >= 11 is 0. The van der Waals surface area contributed by atoms with E-state index in [-0.39, 0.29) is 23.3 Å². The van der Waals surface area contributed by atoms with Crippen LogP contribution in [0.15, 0.2) is 0 Å². The lowest BCUT2D eigenvalue weighted by Crippen LogP contribution is -2.42. The average Bonchev–Trinajstić information content (AvgIpc) is 3.07. The Labute approximate surface area is 89.0 Å². The van der Waals surface area contributed by atoms with Gasteiger partial charge in [-0.25, -0.2) is 0 Å². The monoisotopic (exact) mass is 208 g/mol. The van der Waals surface area contributed by atoms with Crippen molar-refractivity contribution in [2.24, 2.45) is 11.3 Å². The number of rotatable bonds is 3. The van der Waals surface area contributed by atoms with Gasteiger partial charge in [0.05, 0.1) is 6.04 Å². The number of likely N-dealkylation sites (tertiary alicyclic amines) is 1. The summed E-state index contributed by atoms with van der Waals surface area (Å²) in [5.41, 5.74) is 0.242. The molecule has 3 rings (SSSR count). The van der Waals surface area contributed by atoms with Gasteiger partial charge in [-0.3, -0.25) is 9.59 Å². The Hall–Kier alpha value is -1.06. The molecule has 1 N–H and O–H groups in total. The van der Waals surface area contributed by atoms with E-state index in [0.29, 0.717) is 6.54 Å². The number of hydrogen-bond donors (Lipinski definition) is 1. The molecule has 1 spiro atoms. The molecule has 3 aliphatic rings. The molecule has 0 bridgehead atoms. The van der Waals surface area contributed by atoms with E-state index in [1.54, 1.807) is 4.90 Å². The van der Waals surface area contributed by atoms with Gasteiger partial charge in [-0.05, 0) is 25.7 Å². The third-order valence-corrected chi connectivity index (χ3v) is 3.98. The molecule has 3 fully saturated rings. The van der Waals surface area contributed by atoms with Crippen LogP contribution in [0.3, 0.4) is 0 Å². The Balaban J connectivity index is 1.64. The fourth-order valence-corrected chi connectivity index (χ4v) is 2.59. The molecule has 0 aromatic carbocycles. The van der Waals surface area contributed by atoms with Gasteiger partial charge in [-0.15, -0.1) is 0 Å². The number of carbonyl (C=O) groups excluding carboxylic acids is 2. The van der Waals surface area contributed by atoms with Crippen molar-refractivity contribution in [3.8, 4) is 0 Å². The minimum absolute atomic E-state index is 0.207. The third-order valence-electron chi connectivity index (χ3n) is 3.98. The zero-order chi connectivity index (χ0) is 10.5. The van der Waals surface area contributed by atoms with E-state index in [4.69, 9.17) is 0 Å². The van der Waals surface area contributed by atoms with Gasteiger partial charge in [0.1, 0.15) is 0 Å². The lowest BCUT2D eigenvalue weighted by atomic mass is 10.0. The van der Waals surface area contributed by atoms with Gasteiger partial charge in [0.15, 0.2) is 0 Å². The molecule has 82 valence electrons. The Morgan fingerprint density at radius 2 is 2.13 bits per heavy atom. The molecular weight excluding hydrogens is 192 g/mol. The molecule has 1 atom stereocenters. The molecule has 1 heterocycles. The molecule has 4 nitrogen and oxygen atoms in total. The first kappa shape index (κ1) is 9.19. The van der Waals surface area contributed by atoms with Crippen LogP contribution in [0.25, 0.3) is 0 Å². The Morgan fingerprint density at radius 3 is 2.67 bits per heavy atom. The van der Waals surface area contributed by atoms with Gasteiger partial charge in [0.2, 0.25) is 12.3 Å². The van der Waals surface area contributed by atoms with Crippen LogP contribution < -0.4 is 5.32 Å². The van der Waals surface area contributed by atoms with Crippen molar-refractivity contribution in [3.63, 3.8) is 0 Å². The highest BCUT2D eigenvalue weighted by Gasteiger charge is 2.55. The molecule has 2 aliphatic carbocycles. The standard InChI is InChI=1S/C11H16N2O2/c14-7-13-5-9(11(6-13)3-4-11)12-10(15)8-1-2-8/h7-9H,1-6H2,(H,12,15). The van der Waals surface area contributed by atoms with Crippen molar-refractivity contribution in [1.29, 1.82) is 0 Å². The van der Waals surface area contributed by atoms with E-state index in [0.717, 1.165) is 38.6 Å². The number of nitrogens with one attached hydrogen (secondary N) is 1. The molecule has 1 aliphatic heterocycles. The SMILES string of the molecule is O=CN1CC(NC(=O)C2CC2)C2(CC2)C1. The Bertz CT molecular complexity index is 308. The number of hydrogen-bond acceptors (Lipinski definition) is 2. The van der Waals surface area contributed by atoms with E-state index < -0.39 is 0 Å². The van der Waals surface area contributed by atoms with Gasteiger partial charge in [0.25, 0.3) is 0 Å². The summed E-state index contributed by atoms with van der Waals surface area (Å²) in [6, 6.07) is 0.218. The Kier molecular flexibility index (Phi) is 1.82. The molecule has 4 heteroatoms. The highest BCUT2D eigenvalue weighted by Crippen LogP contribution is 2.52. The molecule has 2 saturated carbocycles. The van der Waals surface area contributed by atoms with Crippen molar-refractivity contribution in [2.75, 3.05) is 13.1 Å². The van der Waals surface area contributed by atoms with Gasteiger partial charge in [-0.2, -0.15) is 0 Å². The summed E-state index contributed by atoms with van der Waals surface area (Å²) in [7, 11) is 0. The van der Waals surface area contributed by atoms with E-state index in [1.165, 1.54) is 0 Å². The predicted molar refractivity (Wildman–Crippen MR) is 54.0 cm³/mol. The predicted octanol–water partition coefficient (Wildman–Crippen LogP) is 0.133. The van der Waals surface area contributed by atoms with Crippen LogP contribution in [0.4, 0.5) is 0 Å². The highest BCUT2D eigenvalue weighted by molar-refractivity contribution is 5.81. The summed E-state index contributed by atoms with van der Waals surface area (Å²) in [5, 5.41) is 3.12. The van der Waals surface area contributed by atoms with E-state index in [9.17, 15) is 9.59 Å². The summed E-state index contributed by atoms with van der Waals surface area (Å²) < 4.78 is 0. The second-order valence-electron chi connectivity index (χ2n) is 5.23. The minimum Gasteiger partial charge on any atom is -0.351 e. The normalized spacial score (nSPS) is 31.7. The van der Waals surface area contributed by atoms with Crippen LogP contribution in [0, 0.1) is 11.3 Å². The van der Waals surface area contributed by atoms with Crippen LogP contribution in [0.5, 0.6) is 0 Å². The van der Waals surface area contributed by atoms with E-state index in [2.05, 4.69) is 5.32 Å². The zero-order valence-corrected chi connectivity index (χ0v) is 8.74. The fraction of sp³-hybridized carbons (Fsp3) is 0.818. The lowest BCUT2D eigenvalue weighted by molar-refractivity contribution is -0.123. The van der Waals surface area contributed by atoms with Crippen molar-refractivity contribution in [2.45, 2.75) is 31.7 Å². The number of carbonyl (C=O) groups is 2. The summed E-state index contributed by atoms with van der Waals surface area (Å²) in [4.78, 5) is 24.2. The van der Waals surface area contributed by atoms with Crippen LogP contribution in [-0.2, 0) is 9.59 Å². The fourth-order valence-electron chi connectivity index (χ4n) is 2.59. The molecule has 1 saturated heterocycles. The minimum atomic E-state index is 0.207. The van der Waals surface area contributed by atoms with Crippen molar-refractivity contribution in [3.05, 3.63) is 0 Å². The van der Waals surface area contributed by atoms with Gasteiger partial charge >= 0.3 is 0 Å². The Morgan fingerprint density at radius 1 is 1.40 bits per heavy atom. The molecule has 0 aromatic rings. The van der Waals surface area contributed by atoms with Crippen LogP contribution in [-0.4, -0.2) is 36.3 Å². The molecule has 2 amide bonds. The van der Waals surface area contributed by atoms with E-state index in [1.807, 2.05) is 0 Å². The number of nitrogens with zero attached hydrogens (tertiary/aromatic N) is 1. The van der Waals surface area contributed by atoms with Crippen LogP contribution in [0.1, 0.15) is 25.7 Å². The lowest BCUT2D eigenvalue weighted by Gasteiger charge is -2.18. The van der Waals surface area contributed by atoms with Gasteiger partial charge in [0, 0.05) is 24.4 Å². The first-order valence-electron chi connectivity index (χ1n) is 5.73. The average molecular weight is 208 g/mol. The maximum Gasteiger partial charge on any atom is 0.223 e. The molecular formula is C11H16N2O2. The smallest absolute Gasteiger partial charge is 0.223 e. The first-order chi connectivity index (χ1) is 7.23. The summed E-state index contributed by atoms with van der Waals surface area (Å²) in [5.74, 6) is 0.477. The molecule has 1 unspecified atom stereocenters. The van der Waals surface area contributed by atoms with Gasteiger partial charge < -0.3 is 10.2 Å². The van der Waals surface area contributed by atoms with E-state index >= 15 is 0 Å². The molecule has 0 aromatic heterocycles. The zero-order valence-electron chi connectivity index (χ0n) is 8.74. The second kappa shape index (κ2) is 2.97. The summed E-state index contributed by atoms with van der Waals surface area (Å²) in [6.45, 7) is 1.55. The number of amides is 2. The maximum absolute atomic E-state index is 11.7. The highest BCUT2D eigenvalue weighted by atomic mass is 16.2. The summed E-state index contributed by atoms with van der Waals surface area (Å²) in [6.07, 6.45) is 5.31. The topological polar surface area (TPSA) is 49.4 Å². The van der Waals surface area contributed by atoms with Crippen molar-refractivity contribution >= 4 is 12.3 Å². The molecule has 15 heavy (non-hydrogen) atoms.